The first-order valence-electron chi connectivity index (χ1n) is 5.26. The summed E-state index contributed by atoms with van der Waals surface area (Å²) in [4.78, 5) is 0. The van der Waals surface area contributed by atoms with Crippen LogP contribution in [-0.2, 0) is 11.2 Å². The van der Waals surface area contributed by atoms with Gasteiger partial charge in [0.05, 0.1) is 0 Å². The normalized spacial score (nSPS) is 10.5. The smallest absolute Gasteiger partial charge is 0.123 e. The van der Waals surface area contributed by atoms with Gasteiger partial charge in [-0.05, 0) is 37.0 Å². The first-order valence-corrected chi connectivity index (χ1v) is 5.26. The summed E-state index contributed by atoms with van der Waals surface area (Å²) in [6.45, 7) is 1.48. The lowest BCUT2D eigenvalue weighted by Gasteiger charge is -2.03. The highest BCUT2D eigenvalue weighted by atomic mass is 19.1. The summed E-state index contributed by atoms with van der Waals surface area (Å²) in [5, 5.41) is 8.51. The molecule has 0 aliphatic heterocycles. The van der Waals surface area contributed by atoms with E-state index in [1.807, 2.05) is 0 Å². The molecule has 0 saturated heterocycles. The lowest BCUT2D eigenvalue weighted by Crippen LogP contribution is -2.00. The molecule has 0 aromatic heterocycles. The number of hydrogen-bond acceptors (Lipinski definition) is 2. The minimum atomic E-state index is -0.196. The standard InChI is InChI=1S/C12H17FO2/c13-12-6-4-11(5-7-12)3-1-9-15-10-2-8-14/h4-7,14H,1-3,8-10H2. The number of aliphatic hydroxyl groups excluding tert-OH is 1. The average molecular weight is 212 g/mol. The molecule has 0 atom stereocenters. The zero-order valence-electron chi connectivity index (χ0n) is 8.79. The third-order valence-electron chi connectivity index (χ3n) is 2.11. The summed E-state index contributed by atoms with van der Waals surface area (Å²) >= 11 is 0. The fourth-order valence-corrected chi connectivity index (χ4v) is 1.30. The van der Waals surface area contributed by atoms with Gasteiger partial charge in [-0.1, -0.05) is 12.1 Å². The number of aliphatic hydroxyl groups is 1. The van der Waals surface area contributed by atoms with Crippen LogP contribution >= 0.6 is 0 Å². The summed E-state index contributed by atoms with van der Waals surface area (Å²) in [6, 6.07) is 6.54. The Kier molecular flexibility index (Phi) is 5.97. The van der Waals surface area contributed by atoms with Crippen LogP contribution in [-0.4, -0.2) is 24.9 Å². The lowest BCUT2D eigenvalue weighted by molar-refractivity contribution is 0.114. The number of halogens is 1. The summed E-state index contributed by atoms with van der Waals surface area (Å²) in [5.74, 6) is -0.196. The van der Waals surface area contributed by atoms with Gasteiger partial charge in [0.2, 0.25) is 0 Å². The highest BCUT2D eigenvalue weighted by Gasteiger charge is 1.94. The molecule has 1 N–H and O–H groups in total. The molecule has 1 aromatic rings. The Morgan fingerprint density at radius 2 is 1.73 bits per heavy atom. The second-order valence-electron chi connectivity index (χ2n) is 3.42. The van der Waals surface area contributed by atoms with Crippen LogP contribution < -0.4 is 0 Å². The summed E-state index contributed by atoms with van der Waals surface area (Å²) < 4.78 is 17.9. The second kappa shape index (κ2) is 7.37. The van der Waals surface area contributed by atoms with E-state index in [2.05, 4.69) is 0 Å². The van der Waals surface area contributed by atoms with Gasteiger partial charge in [-0.15, -0.1) is 0 Å². The molecule has 0 radical (unpaired) electrons. The van der Waals surface area contributed by atoms with Crippen molar-refractivity contribution >= 4 is 0 Å². The largest absolute Gasteiger partial charge is 0.396 e. The van der Waals surface area contributed by atoms with Crippen LogP contribution in [0.25, 0.3) is 0 Å². The van der Waals surface area contributed by atoms with Gasteiger partial charge < -0.3 is 9.84 Å². The van der Waals surface area contributed by atoms with Gasteiger partial charge in [-0.25, -0.2) is 4.39 Å². The fraction of sp³-hybridized carbons (Fsp3) is 0.500. The number of ether oxygens (including phenoxy) is 1. The Balaban J connectivity index is 2.07. The minimum absolute atomic E-state index is 0.179. The van der Waals surface area contributed by atoms with Crippen LogP contribution in [0.4, 0.5) is 4.39 Å². The average Bonchev–Trinajstić information content (AvgIpc) is 2.26. The van der Waals surface area contributed by atoms with Gasteiger partial charge in [-0.3, -0.25) is 0 Å². The summed E-state index contributed by atoms with van der Waals surface area (Å²) in [5.41, 5.74) is 1.13. The topological polar surface area (TPSA) is 29.5 Å². The van der Waals surface area contributed by atoms with Crippen LogP contribution in [0.2, 0.25) is 0 Å². The first kappa shape index (κ1) is 12.1. The summed E-state index contributed by atoms with van der Waals surface area (Å²) in [6.07, 6.45) is 2.52. The number of benzene rings is 1. The van der Waals surface area contributed by atoms with Gasteiger partial charge in [0.1, 0.15) is 5.82 Å². The van der Waals surface area contributed by atoms with Crippen LogP contribution in [0.1, 0.15) is 18.4 Å². The molecule has 15 heavy (non-hydrogen) atoms. The molecule has 0 aliphatic carbocycles. The molecule has 0 bridgehead atoms. The highest BCUT2D eigenvalue weighted by molar-refractivity contribution is 5.15. The predicted octanol–water partition coefficient (Wildman–Crippen LogP) is 2.16. The molecular weight excluding hydrogens is 195 g/mol. The van der Waals surface area contributed by atoms with E-state index >= 15 is 0 Å². The SMILES string of the molecule is OCCCOCCCc1ccc(F)cc1. The Hall–Kier alpha value is -0.930. The van der Waals surface area contributed by atoms with Gasteiger partial charge in [0, 0.05) is 19.8 Å². The van der Waals surface area contributed by atoms with Crippen molar-refractivity contribution in [2.24, 2.45) is 0 Å². The van der Waals surface area contributed by atoms with Gasteiger partial charge >= 0.3 is 0 Å². The first-order chi connectivity index (χ1) is 7.33. The van der Waals surface area contributed by atoms with Gasteiger partial charge in [-0.2, -0.15) is 0 Å². The number of hydrogen-bond donors (Lipinski definition) is 1. The fourth-order valence-electron chi connectivity index (χ4n) is 1.30. The molecule has 0 saturated carbocycles. The van der Waals surface area contributed by atoms with E-state index in [1.165, 1.54) is 12.1 Å². The number of aryl methyl sites for hydroxylation is 1. The third kappa shape index (κ3) is 5.50. The Morgan fingerprint density at radius 3 is 2.40 bits per heavy atom. The van der Waals surface area contributed by atoms with Crippen LogP contribution in [0, 0.1) is 5.82 Å². The quantitative estimate of drug-likeness (QED) is 0.702. The Bertz CT molecular complexity index is 259. The van der Waals surface area contributed by atoms with Crippen LogP contribution in [0.15, 0.2) is 24.3 Å². The maximum absolute atomic E-state index is 12.6. The van der Waals surface area contributed by atoms with Crippen LogP contribution in [0.3, 0.4) is 0 Å². The highest BCUT2D eigenvalue weighted by Crippen LogP contribution is 2.05. The van der Waals surface area contributed by atoms with Crippen molar-refractivity contribution in [2.45, 2.75) is 19.3 Å². The van der Waals surface area contributed by atoms with E-state index in [9.17, 15) is 4.39 Å². The van der Waals surface area contributed by atoms with E-state index in [4.69, 9.17) is 9.84 Å². The molecular formula is C12H17FO2. The molecule has 2 nitrogen and oxygen atoms in total. The van der Waals surface area contributed by atoms with E-state index in [1.54, 1.807) is 12.1 Å². The van der Waals surface area contributed by atoms with Crippen molar-refractivity contribution in [1.29, 1.82) is 0 Å². The molecule has 0 spiro atoms. The lowest BCUT2D eigenvalue weighted by atomic mass is 10.1. The molecule has 0 unspecified atom stereocenters. The predicted molar refractivity (Wildman–Crippen MR) is 57.2 cm³/mol. The third-order valence-corrected chi connectivity index (χ3v) is 2.11. The molecule has 1 aromatic carbocycles. The van der Waals surface area contributed by atoms with Crippen molar-refractivity contribution < 1.29 is 14.2 Å². The monoisotopic (exact) mass is 212 g/mol. The molecule has 0 heterocycles. The minimum Gasteiger partial charge on any atom is -0.396 e. The van der Waals surface area contributed by atoms with Crippen molar-refractivity contribution in [2.75, 3.05) is 19.8 Å². The molecule has 1 rings (SSSR count). The molecule has 0 amide bonds. The summed E-state index contributed by atoms with van der Waals surface area (Å²) in [7, 11) is 0. The molecule has 3 heteroatoms. The van der Waals surface area contributed by atoms with Crippen molar-refractivity contribution in [3.05, 3.63) is 35.6 Å². The maximum Gasteiger partial charge on any atom is 0.123 e. The molecule has 0 fully saturated rings. The molecule has 84 valence electrons. The Morgan fingerprint density at radius 1 is 1.07 bits per heavy atom. The Labute approximate surface area is 89.7 Å². The van der Waals surface area contributed by atoms with E-state index in [-0.39, 0.29) is 12.4 Å². The zero-order valence-corrected chi connectivity index (χ0v) is 8.79. The van der Waals surface area contributed by atoms with E-state index in [0.717, 1.165) is 18.4 Å². The zero-order chi connectivity index (χ0) is 10.9. The van der Waals surface area contributed by atoms with Crippen molar-refractivity contribution in [3.8, 4) is 0 Å². The maximum atomic E-state index is 12.6. The second-order valence-corrected chi connectivity index (χ2v) is 3.42. The van der Waals surface area contributed by atoms with Gasteiger partial charge in [0.25, 0.3) is 0 Å². The molecule has 0 aliphatic rings. The van der Waals surface area contributed by atoms with Gasteiger partial charge in [0.15, 0.2) is 0 Å². The van der Waals surface area contributed by atoms with Crippen molar-refractivity contribution in [3.63, 3.8) is 0 Å². The van der Waals surface area contributed by atoms with Crippen molar-refractivity contribution in [1.82, 2.24) is 0 Å². The number of rotatable bonds is 7. The van der Waals surface area contributed by atoms with Crippen LogP contribution in [0.5, 0.6) is 0 Å². The van der Waals surface area contributed by atoms with E-state index < -0.39 is 0 Å². The van der Waals surface area contributed by atoms with E-state index in [0.29, 0.717) is 19.6 Å².